The summed E-state index contributed by atoms with van der Waals surface area (Å²) in [6.45, 7) is 0.804. The van der Waals surface area contributed by atoms with Gasteiger partial charge in [0, 0.05) is 26.3 Å². The van der Waals surface area contributed by atoms with Gasteiger partial charge in [-0.3, -0.25) is 4.79 Å². The Hall–Kier alpha value is -1.33. The lowest BCUT2D eigenvalue weighted by molar-refractivity contribution is -0.127. The third kappa shape index (κ3) is 4.35. The summed E-state index contributed by atoms with van der Waals surface area (Å²) >= 11 is 5.14. The number of amides is 1. The lowest BCUT2D eigenvalue weighted by Crippen LogP contribution is -2.23. The van der Waals surface area contributed by atoms with Gasteiger partial charge >= 0.3 is 0 Å². The topological polar surface area (TPSA) is 32.3 Å². The van der Waals surface area contributed by atoms with E-state index in [-0.39, 0.29) is 5.91 Å². The molecule has 106 valence electrons. The highest BCUT2D eigenvalue weighted by Crippen LogP contribution is 2.21. The van der Waals surface area contributed by atoms with Crippen LogP contribution in [-0.2, 0) is 17.8 Å². The number of likely N-dealkylation sites (N-methyl/N-ethyl adjacent to an activating group) is 1. The molecule has 20 heavy (non-hydrogen) atoms. The van der Waals surface area contributed by atoms with Crippen LogP contribution in [0.2, 0.25) is 0 Å². The molecule has 5 heteroatoms. The Bertz CT molecular complexity index is 578. The monoisotopic (exact) mass is 352 g/mol. The van der Waals surface area contributed by atoms with Crippen LogP contribution >= 0.6 is 27.3 Å². The second-order valence-electron chi connectivity index (χ2n) is 4.77. The number of nitrogens with one attached hydrogen (secondary N) is 1. The van der Waals surface area contributed by atoms with Crippen LogP contribution < -0.4 is 5.32 Å². The van der Waals surface area contributed by atoms with Crippen molar-refractivity contribution in [1.82, 2.24) is 4.90 Å². The molecular formula is C15H17BrN2OS. The first-order valence-electron chi connectivity index (χ1n) is 6.30. The van der Waals surface area contributed by atoms with Gasteiger partial charge in [-0.05, 0) is 50.6 Å². The van der Waals surface area contributed by atoms with E-state index < -0.39 is 0 Å². The van der Waals surface area contributed by atoms with Crippen molar-refractivity contribution in [2.45, 2.75) is 13.0 Å². The van der Waals surface area contributed by atoms with Gasteiger partial charge in [-0.2, -0.15) is 0 Å². The average Bonchev–Trinajstić information content (AvgIpc) is 2.83. The zero-order chi connectivity index (χ0) is 14.5. The molecule has 0 unspecified atom stereocenters. The summed E-state index contributed by atoms with van der Waals surface area (Å²) < 4.78 is 1.15. The van der Waals surface area contributed by atoms with Crippen molar-refractivity contribution in [3.05, 3.63) is 50.6 Å². The third-order valence-corrected chi connectivity index (χ3v) is 4.48. The number of carbonyl (C=O) groups is 1. The zero-order valence-electron chi connectivity index (χ0n) is 11.5. The highest BCUT2D eigenvalue weighted by atomic mass is 79.9. The first-order chi connectivity index (χ1) is 9.54. The van der Waals surface area contributed by atoms with Crippen LogP contribution in [-0.4, -0.2) is 24.9 Å². The SMILES string of the molecule is CN(C)C(=O)Cc1ccc(NCc2csc(Br)c2)cc1. The number of hydrogen-bond acceptors (Lipinski definition) is 3. The molecule has 1 aromatic heterocycles. The summed E-state index contributed by atoms with van der Waals surface area (Å²) in [4.78, 5) is 13.2. The van der Waals surface area contributed by atoms with Crippen LogP contribution in [0.25, 0.3) is 0 Å². The molecule has 1 heterocycles. The number of thiophene rings is 1. The fourth-order valence-corrected chi connectivity index (χ4v) is 2.92. The summed E-state index contributed by atoms with van der Waals surface area (Å²) in [5.41, 5.74) is 3.36. The van der Waals surface area contributed by atoms with Gasteiger partial charge in [-0.25, -0.2) is 0 Å². The van der Waals surface area contributed by atoms with E-state index in [9.17, 15) is 4.79 Å². The molecule has 1 amide bonds. The molecule has 0 saturated heterocycles. The average molecular weight is 353 g/mol. The maximum Gasteiger partial charge on any atom is 0.226 e. The Morgan fingerprint density at radius 1 is 1.25 bits per heavy atom. The fourth-order valence-electron chi connectivity index (χ4n) is 1.72. The highest BCUT2D eigenvalue weighted by molar-refractivity contribution is 9.11. The normalized spacial score (nSPS) is 10.3. The lowest BCUT2D eigenvalue weighted by Gasteiger charge is -2.10. The van der Waals surface area contributed by atoms with Gasteiger partial charge in [0.15, 0.2) is 0 Å². The van der Waals surface area contributed by atoms with Gasteiger partial charge in [-0.1, -0.05) is 12.1 Å². The Labute approximate surface area is 131 Å². The van der Waals surface area contributed by atoms with Gasteiger partial charge in [0.05, 0.1) is 10.2 Å². The molecule has 0 spiro atoms. The number of benzene rings is 1. The van der Waals surface area contributed by atoms with Crippen molar-refractivity contribution in [3.63, 3.8) is 0 Å². The molecule has 1 N–H and O–H groups in total. The van der Waals surface area contributed by atoms with Gasteiger partial charge in [0.25, 0.3) is 0 Å². The molecule has 2 aromatic rings. The van der Waals surface area contributed by atoms with Crippen LogP contribution in [0.4, 0.5) is 5.69 Å². The fraction of sp³-hybridized carbons (Fsp3) is 0.267. The van der Waals surface area contributed by atoms with E-state index in [1.165, 1.54) is 5.56 Å². The number of carbonyl (C=O) groups excluding carboxylic acids is 1. The number of hydrogen-bond donors (Lipinski definition) is 1. The van der Waals surface area contributed by atoms with E-state index >= 15 is 0 Å². The van der Waals surface area contributed by atoms with Crippen LogP contribution in [0.15, 0.2) is 39.5 Å². The van der Waals surface area contributed by atoms with Crippen molar-refractivity contribution in [3.8, 4) is 0 Å². The van der Waals surface area contributed by atoms with E-state index in [0.717, 1.165) is 21.6 Å². The molecule has 0 radical (unpaired) electrons. The van der Waals surface area contributed by atoms with E-state index in [1.807, 2.05) is 24.3 Å². The van der Waals surface area contributed by atoms with Crippen molar-refractivity contribution in [1.29, 1.82) is 0 Å². The van der Waals surface area contributed by atoms with Gasteiger partial charge < -0.3 is 10.2 Å². The minimum atomic E-state index is 0.119. The van der Waals surface area contributed by atoms with Crippen LogP contribution in [0.3, 0.4) is 0 Å². The summed E-state index contributed by atoms with van der Waals surface area (Å²) in [5, 5.41) is 5.49. The molecule has 0 aliphatic carbocycles. The number of halogens is 1. The largest absolute Gasteiger partial charge is 0.381 e. The lowest BCUT2D eigenvalue weighted by atomic mass is 10.1. The van der Waals surface area contributed by atoms with Crippen molar-refractivity contribution >= 4 is 38.9 Å². The number of anilines is 1. The summed E-state index contributed by atoms with van der Waals surface area (Å²) in [7, 11) is 3.55. The van der Waals surface area contributed by atoms with Crippen LogP contribution in [0.1, 0.15) is 11.1 Å². The van der Waals surface area contributed by atoms with E-state index in [2.05, 4.69) is 32.7 Å². The molecule has 0 aliphatic heterocycles. The Morgan fingerprint density at radius 2 is 1.95 bits per heavy atom. The molecule has 3 nitrogen and oxygen atoms in total. The number of rotatable bonds is 5. The summed E-state index contributed by atoms with van der Waals surface area (Å²) in [5.74, 6) is 0.119. The summed E-state index contributed by atoms with van der Waals surface area (Å²) in [6, 6.07) is 10.1. The molecule has 0 bridgehead atoms. The smallest absolute Gasteiger partial charge is 0.226 e. The van der Waals surface area contributed by atoms with Gasteiger partial charge in [0.1, 0.15) is 0 Å². The Morgan fingerprint density at radius 3 is 2.50 bits per heavy atom. The van der Waals surface area contributed by atoms with Gasteiger partial charge in [0.2, 0.25) is 5.91 Å². The molecule has 1 aromatic carbocycles. The predicted molar refractivity (Wildman–Crippen MR) is 88.2 cm³/mol. The second-order valence-corrected chi connectivity index (χ2v) is 7.06. The first-order valence-corrected chi connectivity index (χ1v) is 7.98. The second kappa shape index (κ2) is 6.90. The predicted octanol–water partition coefficient (Wildman–Crippen LogP) is 3.75. The summed E-state index contributed by atoms with van der Waals surface area (Å²) in [6.07, 6.45) is 0.449. The van der Waals surface area contributed by atoms with E-state index in [0.29, 0.717) is 6.42 Å². The van der Waals surface area contributed by atoms with Gasteiger partial charge in [-0.15, -0.1) is 11.3 Å². The zero-order valence-corrected chi connectivity index (χ0v) is 13.9. The maximum atomic E-state index is 11.6. The van der Waals surface area contributed by atoms with Crippen LogP contribution in [0.5, 0.6) is 0 Å². The standard InChI is InChI=1S/C15H17BrN2OS/c1-18(2)15(19)8-11-3-5-13(6-4-11)17-9-12-7-14(16)20-10-12/h3-7,10,17H,8-9H2,1-2H3. The molecule has 0 fully saturated rings. The molecular weight excluding hydrogens is 336 g/mol. The van der Waals surface area contributed by atoms with E-state index in [1.54, 1.807) is 30.3 Å². The molecule has 0 atom stereocenters. The van der Waals surface area contributed by atoms with Crippen molar-refractivity contribution < 1.29 is 4.79 Å². The molecule has 0 saturated carbocycles. The minimum absolute atomic E-state index is 0.119. The van der Waals surface area contributed by atoms with Crippen molar-refractivity contribution in [2.75, 3.05) is 19.4 Å². The minimum Gasteiger partial charge on any atom is -0.381 e. The Kier molecular flexibility index (Phi) is 5.20. The third-order valence-electron chi connectivity index (χ3n) is 2.93. The molecule has 0 aliphatic rings. The Balaban J connectivity index is 1.89. The quantitative estimate of drug-likeness (QED) is 0.888. The number of nitrogens with zero attached hydrogens (tertiary/aromatic N) is 1. The maximum absolute atomic E-state index is 11.6. The van der Waals surface area contributed by atoms with Crippen molar-refractivity contribution in [2.24, 2.45) is 0 Å². The van der Waals surface area contributed by atoms with E-state index in [4.69, 9.17) is 0 Å². The molecule has 2 rings (SSSR count). The van der Waals surface area contributed by atoms with Crippen LogP contribution in [0, 0.1) is 0 Å². The highest BCUT2D eigenvalue weighted by Gasteiger charge is 2.05. The first kappa shape index (κ1) is 15.1.